The highest BCUT2D eigenvalue weighted by Crippen LogP contribution is 2.31. The molecule has 5 rings (SSSR count). The number of hydrogen-bond donors (Lipinski definition) is 3. The number of piperidine rings is 2. The number of hydrogen-bond acceptors (Lipinski definition) is 7. The fraction of sp³-hybridized carbons (Fsp3) is 0.828. The van der Waals surface area contributed by atoms with E-state index in [9.17, 15) is 4.79 Å². The van der Waals surface area contributed by atoms with Crippen LogP contribution in [0.3, 0.4) is 0 Å². The fourth-order valence-electron chi connectivity index (χ4n) is 7.11. The van der Waals surface area contributed by atoms with Crippen molar-refractivity contribution in [3.05, 3.63) is 12.3 Å². The van der Waals surface area contributed by atoms with Crippen molar-refractivity contribution in [1.82, 2.24) is 25.5 Å². The number of aromatic nitrogens is 2. The van der Waals surface area contributed by atoms with Gasteiger partial charge in [-0.1, -0.05) is 32.1 Å². The topological polar surface area (TPSA) is 85.4 Å². The molecule has 1 aliphatic carbocycles. The first-order valence-electron chi connectivity index (χ1n) is 15.4. The lowest BCUT2D eigenvalue weighted by molar-refractivity contribution is -0.125. The monoisotopic (exact) mass is 511 g/mol. The zero-order valence-corrected chi connectivity index (χ0v) is 22.8. The van der Waals surface area contributed by atoms with Crippen LogP contribution in [-0.4, -0.2) is 78.2 Å². The van der Waals surface area contributed by atoms with Gasteiger partial charge in [0.1, 0.15) is 5.82 Å². The predicted octanol–water partition coefficient (Wildman–Crippen LogP) is 3.94. The van der Waals surface area contributed by atoms with E-state index in [2.05, 4.69) is 36.8 Å². The molecule has 3 aliphatic heterocycles. The summed E-state index contributed by atoms with van der Waals surface area (Å²) in [4.78, 5) is 27.7. The molecule has 1 amide bonds. The number of anilines is 2. The minimum Gasteiger partial charge on any atom is -0.356 e. The summed E-state index contributed by atoms with van der Waals surface area (Å²) in [5.74, 6) is 2.17. The van der Waals surface area contributed by atoms with Gasteiger partial charge in [0.05, 0.1) is 5.92 Å². The molecule has 3 atom stereocenters. The summed E-state index contributed by atoms with van der Waals surface area (Å²) in [7, 11) is 0. The Bertz CT molecular complexity index is 831. The third-order valence-electron chi connectivity index (χ3n) is 9.16. The second-order valence-corrected chi connectivity index (χ2v) is 11.8. The van der Waals surface area contributed by atoms with Crippen LogP contribution in [0.25, 0.3) is 0 Å². The Labute approximate surface area is 223 Å². The number of carbonyl (C=O) groups excluding carboxylic acids is 1. The predicted molar refractivity (Wildman–Crippen MR) is 150 cm³/mol. The van der Waals surface area contributed by atoms with Gasteiger partial charge in [0.15, 0.2) is 0 Å². The largest absolute Gasteiger partial charge is 0.356 e. The van der Waals surface area contributed by atoms with Gasteiger partial charge < -0.3 is 20.9 Å². The molecule has 4 heterocycles. The van der Waals surface area contributed by atoms with Gasteiger partial charge in [-0.25, -0.2) is 4.98 Å². The highest BCUT2D eigenvalue weighted by atomic mass is 16.1. The van der Waals surface area contributed by atoms with E-state index in [1.54, 1.807) is 0 Å². The summed E-state index contributed by atoms with van der Waals surface area (Å²) < 4.78 is 0. The van der Waals surface area contributed by atoms with Crippen LogP contribution in [0.1, 0.15) is 89.9 Å². The average molecular weight is 512 g/mol. The maximum absolute atomic E-state index is 12.8. The van der Waals surface area contributed by atoms with Gasteiger partial charge in [-0.05, 0) is 76.9 Å². The SMILES string of the molecule is O=C(NCC[C@@H]1[C@@H](Nc2nccc(N3CCCCCC3)n2)CCCN1C1CCCCC1)[C@H]1CCCNC1. The van der Waals surface area contributed by atoms with Crippen LogP contribution >= 0.6 is 0 Å². The standard InChI is InChI=1S/C29H49N7O/c37-28(23-10-8-16-30-22-23)31-17-14-26-25(13-9-21-36(26)24-11-4-3-5-12-24)33-29-32-18-15-27(34-29)35-19-6-1-2-7-20-35/h15,18,23-26,30H,1-14,16-17,19-22H2,(H,31,37)(H,32,33,34)/t23-,25-,26+/m0/s1. The van der Waals surface area contributed by atoms with E-state index in [0.29, 0.717) is 18.1 Å². The number of carbonyl (C=O) groups is 1. The molecule has 1 aromatic heterocycles. The lowest BCUT2D eigenvalue weighted by atomic mass is 9.87. The first-order chi connectivity index (χ1) is 18.3. The van der Waals surface area contributed by atoms with Crippen molar-refractivity contribution in [3.8, 4) is 0 Å². The zero-order valence-electron chi connectivity index (χ0n) is 22.8. The molecule has 0 radical (unpaired) electrons. The zero-order chi connectivity index (χ0) is 25.3. The second kappa shape index (κ2) is 13.7. The Morgan fingerprint density at radius 2 is 1.76 bits per heavy atom. The highest BCUT2D eigenvalue weighted by Gasteiger charge is 2.36. The van der Waals surface area contributed by atoms with Gasteiger partial charge >= 0.3 is 0 Å². The first kappa shape index (κ1) is 26.7. The molecule has 0 unspecified atom stereocenters. The van der Waals surface area contributed by atoms with Gasteiger partial charge in [-0.2, -0.15) is 4.98 Å². The van der Waals surface area contributed by atoms with Crippen molar-refractivity contribution in [2.75, 3.05) is 49.5 Å². The average Bonchev–Trinajstić information content (AvgIpc) is 3.25. The Hall–Kier alpha value is -1.93. The second-order valence-electron chi connectivity index (χ2n) is 11.8. The van der Waals surface area contributed by atoms with Crippen LogP contribution in [-0.2, 0) is 4.79 Å². The molecular weight excluding hydrogens is 462 g/mol. The Kier molecular flexibility index (Phi) is 9.91. The maximum Gasteiger partial charge on any atom is 0.224 e. The molecule has 3 N–H and O–H groups in total. The van der Waals surface area contributed by atoms with Crippen molar-refractivity contribution in [2.24, 2.45) is 5.92 Å². The lowest BCUT2D eigenvalue weighted by Crippen LogP contribution is -2.56. The van der Waals surface area contributed by atoms with Crippen molar-refractivity contribution >= 4 is 17.7 Å². The Balaban J connectivity index is 1.25. The molecule has 0 aromatic carbocycles. The van der Waals surface area contributed by atoms with E-state index >= 15 is 0 Å². The summed E-state index contributed by atoms with van der Waals surface area (Å²) in [5.41, 5.74) is 0. The van der Waals surface area contributed by atoms with Crippen LogP contribution in [0.2, 0.25) is 0 Å². The van der Waals surface area contributed by atoms with E-state index in [1.807, 2.05) is 6.20 Å². The molecular formula is C29H49N7O. The number of nitrogens with zero attached hydrogens (tertiary/aromatic N) is 4. The molecule has 8 nitrogen and oxygen atoms in total. The third-order valence-corrected chi connectivity index (χ3v) is 9.16. The summed E-state index contributed by atoms with van der Waals surface area (Å²) in [6.07, 6.45) is 19.2. The van der Waals surface area contributed by atoms with Crippen LogP contribution in [0.4, 0.5) is 11.8 Å². The van der Waals surface area contributed by atoms with Gasteiger partial charge in [-0.3, -0.25) is 9.69 Å². The molecule has 37 heavy (non-hydrogen) atoms. The van der Waals surface area contributed by atoms with E-state index < -0.39 is 0 Å². The van der Waals surface area contributed by atoms with Crippen molar-refractivity contribution in [2.45, 2.75) is 108 Å². The Morgan fingerprint density at radius 3 is 2.54 bits per heavy atom. The third kappa shape index (κ3) is 7.34. The van der Waals surface area contributed by atoms with Crippen molar-refractivity contribution in [1.29, 1.82) is 0 Å². The van der Waals surface area contributed by atoms with Crippen LogP contribution in [0, 0.1) is 5.92 Å². The first-order valence-corrected chi connectivity index (χ1v) is 15.4. The molecule has 1 aromatic rings. The molecule has 3 saturated heterocycles. The number of amides is 1. The number of rotatable bonds is 8. The van der Waals surface area contributed by atoms with Crippen molar-refractivity contribution in [3.63, 3.8) is 0 Å². The minimum atomic E-state index is 0.124. The highest BCUT2D eigenvalue weighted by molar-refractivity contribution is 5.78. The van der Waals surface area contributed by atoms with Gasteiger partial charge in [0.25, 0.3) is 0 Å². The summed E-state index contributed by atoms with van der Waals surface area (Å²) in [6.45, 7) is 5.95. The number of nitrogens with one attached hydrogen (secondary N) is 3. The minimum absolute atomic E-state index is 0.124. The lowest BCUT2D eigenvalue weighted by Gasteiger charge is -2.47. The Morgan fingerprint density at radius 1 is 0.946 bits per heavy atom. The molecule has 0 spiro atoms. The quantitative estimate of drug-likeness (QED) is 0.487. The molecule has 4 fully saturated rings. The fourth-order valence-corrected chi connectivity index (χ4v) is 7.11. The molecule has 8 heteroatoms. The molecule has 0 bridgehead atoms. The van der Waals surface area contributed by atoms with Crippen LogP contribution in [0.5, 0.6) is 0 Å². The van der Waals surface area contributed by atoms with Gasteiger partial charge in [-0.15, -0.1) is 0 Å². The summed E-state index contributed by atoms with van der Waals surface area (Å²) in [6, 6.07) is 3.44. The maximum atomic E-state index is 12.8. The van der Waals surface area contributed by atoms with E-state index in [-0.39, 0.29) is 11.8 Å². The summed E-state index contributed by atoms with van der Waals surface area (Å²) >= 11 is 0. The van der Waals surface area contributed by atoms with Crippen LogP contribution < -0.4 is 20.9 Å². The van der Waals surface area contributed by atoms with Gasteiger partial charge in [0.2, 0.25) is 11.9 Å². The van der Waals surface area contributed by atoms with Crippen molar-refractivity contribution < 1.29 is 4.79 Å². The smallest absolute Gasteiger partial charge is 0.224 e. The van der Waals surface area contributed by atoms with Crippen LogP contribution in [0.15, 0.2) is 12.3 Å². The molecule has 4 aliphatic rings. The molecule has 206 valence electrons. The van der Waals surface area contributed by atoms with E-state index in [1.165, 1.54) is 70.8 Å². The van der Waals surface area contributed by atoms with E-state index in [4.69, 9.17) is 4.98 Å². The van der Waals surface area contributed by atoms with E-state index in [0.717, 1.165) is 70.2 Å². The number of likely N-dealkylation sites (tertiary alicyclic amines) is 1. The normalized spacial score (nSPS) is 28.4. The molecule has 1 saturated carbocycles. The van der Waals surface area contributed by atoms with Gasteiger partial charge in [0, 0.05) is 50.5 Å². The summed E-state index contributed by atoms with van der Waals surface area (Å²) in [5, 5.41) is 10.5.